The van der Waals surface area contributed by atoms with Gasteiger partial charge in [0.15, 0.2) is 5.82 Å². The summed E-state index contributed by atoms with van der Waals surface area (Å²) < 4.78 is 0.704. The van der Waals surface area contributed by atoms with Crippen molar-refractivity contribution in [1.29, 1.82) is 0 Å². The third kappa shape index (κ3) is 3.12. The Labute approximate surface area is 120 Å². The fourth-order valence-electron chi connectivity index (χ4n) is 1.35. The highest BCUT2D eigenvalue weighted by Gasteiger charge is 2.14. The summed E-state index contributed by atoms with van der Waals surface area (Å²) in [5.41, 5.74) is 0.145. The lowest BCUT2D eigenvalue weighted by molar-refractivity contribution is 0.0690. The van der Waals surface area contributed by atoms with Gasteiger partial charge in [-0.1, -0.05) is 27.5 Å². The summed E-state index contributed by atoms with van der Waals surface area (Å²) in [6, 6.07) is 6.05. The number of carbonyl (C=O) groups excluding carboxylic acids is 1. The molecule has 2 rings (SSSR count). The quantitative estimate of drug-likeness (QED) is 0.798. The molecule has 2 aromatic rings. The van der Waals surface area contributed by atoms with Crippen molar-refractivity contribution < 1.29 is 14.7 Å². The first-order chi connectivity index (χ1) is 8.97. The summed E-state index contributed by atoms with van der Waals surface area (Å²) in [7, 11) is 0. The fraction of sp³-hybridized carbons (Fsp3) is 0. The summed E-state index contributed by atoms with van der Waals surface area (Å²) in [6.45, 7) is 0. The lowest BCUT2D eigenvalue weighted by Gasteiger charge is -2.04. The Balaban J connectivity index is 2.20. The maximum Gasteiger partial charge on any atom is 0.353 e. The first kappa shape index (κ1) is 13.6. The van der Waals surface area contributed by atoms with E-state index in [1.807, 2.05) is 0 Å². The molecule has 0 saturated carbocycles. The Morgan fingerprint density at radius 3 is 2.74 bits per heavy atom. The zero-order chi connectivity index (χ0) is 14.0. The van der Waals surface area contributed by atoms with E-state index in [9.17, 15) is 9.59 Å². The Bertz CT molecular complexity index is 656. The predicted octanol–water partition coefficient (Wildman–Crippen LogP) is 2.78. The number of aromatic amines is 1. The molecule has 0 unspecified atom stereocenters. The van der Waals surface area contributed by atoms with Crippen molar-refractivity contribution in [2.24, 2.45) is 0 Å². The number of aromatic carboxylic acids is 1. The molecule has 0 spiro atoms. The molecule has 0 atom stereocenters. The molecule has 0 aliphatic carbocycles. The van der Waals surface area contributed by atoms with Crippen LogP contribution in [0.4, 0.5) is 5.82 Å². The number of aromatic nitrogens is 2. The first-order valence-electron chi connectivity index (χ1n) is 5.02. The third-order valence-electron chi connectivity index (χ3n) is 2.22. The van der Waals surface area contributed by atoms with E-state index in [1.165, 1.54) is 6.07 Å². The average molecular weight is 345 g/mol. The van der Waals surface area contributed by atoms with Crippen LogP contribution in [0.25, 0.3) is 0 Å². The van der Waals surface area contributed by atoms with Crippen LogP contribution in [0.5, 0.6) is 0 Å². The monoisotopic (exact) mass is 343 g/mol. The van der Waals surface area contributed by atoms with Crippen molar-refractivity contribution in [3.05, 3.63) is 45.0 Å². The van der Waals surface area contributed by atoms with E-state index in [0.717, 1.165) is 0 Å². The molecule has 8 heteroatoms. The minimum Gasteiger partial charge on any atom is -0.477 e. The molecule has 3 N–H and O–H groups in total. The number of H-pyrrole nitrogens is 1. The fourth-order valence-corrected chi connectivity index (χ4v) is 1.91. The lowest BCUT2D eigenvalue weighted by atomic mass is 10.2. The van der Waals surface area contributed by atoms with Crippen LogP contribution < -0.4 is 5.32 Å². The predicted molar refractivity (Wildman–Crippen MR) is 72.7 cm³/mol. The number of carboxylic acid groups (broad SMARTS) is 1. The van der Waals surface area contributed by atoms with Gasteiger partial charge in [-0.25, -0.2) is 4.79 Å². The Morgan fingerprint density at radius 1 is 1.37 bits per heavy atom. The minimum absolute atomic E-state index is 0.110. The van der Waals surface area contributed by atoms with Gasteiger partial charge < -0.3 is 10.4 Å². The highest BCUT2D eigenvalue weighted by molar-refractivity contribution is 9.10. The Hall–Kier alpha value is -1.86. The number of rotatable bonds is 3. The first-order valence-corrected chi connectivity index (χ1v) is 6.19. The normalized spacial score (nSPS) is 10.2. The highest BCUT2D eigenvalue weighted by atomic mass is 79.9. The van der Waals surface area contributed by atoms with Gasteiger partial charge in [-0.15, -0.1) is 0 Å². The van der Waals surface area contributed by atoms with Crippen LogP contribution in [0, 0.1) is 0 Å². The van der Waals surface area contributed by atoms with E-state index in [1.54, 1.807) is 18.2 Å². The number of amides is 1. The molecular weight excluding hydrogens is 337 g/mol. The van der Waals surface area contributed by atoms with E-state index >= 15 is 0 Å². The third-order valence-corrected chi connectivity index (χ3v) is 3.05. The molecule has 1 aromatic heterocycles. The summed E-state index contributed by atoms with van der Waals surface area (Å²) in [5.74, 6) is -1.53. The summed E-state index contributed by atoms with van der Waals surface area (Å²) in [6.07, 6.45) is 0. The molecule has 6 nitrogen and oxygen atoms in total. The van der Waals surface area contributed by atoms with Gasteiger partial charge in [0.1, 0.15) is 5.69 Å². The Morgan fingerprint density at radius 2 is 2.11 bits per heavy atom. The molecule has 1 heterocycles. The van der Waals surface area contributed by atoms with E-state index in [0.29, 0.717) is 4.47 Å². The molecular formula is C11H7BrClN3O3. The molecule has 0 radical (unpaired) electrons. The standard InChI is InChI=1S/C11H7BrClN3O3/c12-5-1-2-7(13)6(3-5)10(17)14-9-4-8(11(18)19)15-16-9/h1-4H,(H,18,19)(H2,14,15,16,17). The molecule has 1 amide bonds. The maximum absolute atomic E-state index is 11.9. The van der Waals surface area contributed by atoms with Crippen molar-refractivity contribution in [3.63, 3.8) is 0 Å². The molecule has 98 valence electrons. The van der Waals surface area contributed by atoms with Gasteiger partial charge in [-0.3, -0.25) is 9.89 Å². The number of carboxylic acids is 1. The number of carbonyl (C=O) groups is 2. The summed E-state index contributed by atoms with van der Waals surface area (Å²) in [4.78, 5) is 22.6. The second-order valence-corrected chi connectivity index (χ2v) is 4.87. The molecule has 0 aliphatic rings. The van der Waals surface area contributed by atoms with Crippen LogP contribution in [0.1, 0.15) is 20.8 Å². The number of benzene rings is 1. The molecule has 0 saturated heterocycles. The highest BCUT2D eigenvalue weighted by Crippen LogP contribution is 2.22. The van der Waals surface area contributed by atoms with Gasteiger partial charge >= 0.3 is 5.97 Å². The van der Waals surface area contributed by atoms with Crippen LogP contribution >= 0.6 is 27.5 Å². The maximum atomic E-state index is 11.9. The SMILES string of the molecule is O=C(O)c1cc(NC(=O)c2cc(Br)ccc2Cl)n[nH]1. The zero-order valence-corrected chi connectivity index (χ0v) is 11.6. The zero-order valence-electron chi connectivity index (χ0n) is 9.28. The van der Waals surface area contributed by atoms with Crippen molar-refractivity contribution in [2.45, 2.75) is 0 Å². The van der Waals surface area contributed by atoms with Gasteiger partial charge in [0.2, 0.25) is 0 Å². The van der Waals surface area contributed by atoms with Gasteiger partial charge in [0.05, 0.1) is 10.6 Å². The van der Waals surface area contributed by atoms with Crippen LogP contribution in [0.3, 0.4) is 0 Å². The molecule has 0 fully saturated rings. The van der Waals surface area contributed by atoms with E-state index < -0.39 is 11.9 Å². The Kier molecular flexibility index (Phi) is 3.87. The van der Waals surface area contributed by atoms with Gasteiger partial charge in [-0.2, -0.15) is 5.10 Å². The van der Waals surface area contributed by atoms with Crippen LogP contribution in [0.15, 0.2) is 28.7 Å². The van der Waals surface area contributed by atoms with Crippen molar-refractivity contribution in [3.8, 4) is 0 Å². The van der Waals surface area contributed by atoms with Crippen LogP contribution in [-0.2, 0) is 0 Å². The number of nitrogens with zero attached hydrogens (tertiary/aromatic N) is 1. The summed E-state index contributed by atoms with van der Waals surface area (Å²) >= 11 is 9.14. The second kappa shape index (κ2) is 5.41. The molecule has 1 aromatic carbocycles. The number of nitrogens with one attached hydrogen (secondary N) is 2. The van der Waals surface area contributed by atoms with E-state index in [4.69, 9.17) is 16.7 Å². The van der Waals surface area contributed by atoms with Gasteiger partial charge in [0, 0.05) is 10.5 Å². The van der Waals surface area contributed by atoms with Crippen LogP contribution in [0.2, 0.25) is 5.02 Å². The van der Waals surface area contributed by atoms with Crippen molar-refractivity contribution in [1.82, 2.24) is 10.2 Å². The van der Waals surface area contributed by atoms with E-state index in [2.05, 4.69) is 31.4 Å². The van der Waals surface area contributed by atoms with Crippen LogP contribution in [-0.4, -0.2) is 27.2 Å². The summed E-state index contributed by atoms with van der Waals surface area (Å²) in [5, 5.41) is 17.4. The largest absolute Gasteiger partial charge is 0.477 e. The average Bonchev–Trinajstić information content (AvgIpc) is 2.80. The van der Waals surface area contributed by atoms with Gasteiger partial charge in [0.25, 0.3) is 5.91 Å². The number of halogens is 2. The number of anilines is 1. The molecule has 0 bridgehead atoms. The number of hydrogen-bond donors (Lipinski definition) is 3. The second-order valence-electron chi connectivity index (χ2n) is 3.55. The van der Waals surface area contributed by atoms with E-state index in [-0.39, 0.29) is 22.1 Å². The smallest absolute Gasteiger partial charge is 0.353 e. The minimum atomic E-state index is -1.16. The van der Waals surface area contributed by atoms with Crippen molar-refractivity contribution in [2.75, 3.05) is 5.32 Å². The molecule has 19 heavy (non-hydrogen) atoms. The number of hydrogen-bond acceptors (Lipinski definition) is 3. The van der Waals surface area contributed by atoms with Crippen molar-refractivity contribution >= 4 is 45.2 Å². The lowest BCUT2D eigenvalue weighted by Crippen LogP contribution is -2.12. The topological polar surface area (TPSA) is 95.1 Å². The molecule has 0 aliphatic heterocycles. The van der Waals surface area contributed by atoms with Gasteiger partial charge in [-0.05, 0) is 18.2 Å².